The molecule has 6 N–H and O–H groups in total. The number of aromatic amines is 1. The molecular formula is C44H73N5O4. The topological polar surface area (TPSA) is 160 Å². The number of para-hydroxylation sites is 1. The van der Waals surface area contributed by atoms with Crippen molar-refractivity contribution in [2.24, 2.45) is 34.2 Å². The van der Waals surface area contributed by atoms with Gasteiger partial charge in [-0.15, -0.1) is 0 Å². The summed E-state index contributed by atoms with van der Waals surface area (Å²) >= 11 is 0. The van der Waals surface area contributed by atoms with Gasteiger partial charge < -0.3 is 21.8 Å². The lowest BCUT2D eigenvalue weighted by Crippen LogP contribution is -2.45. The number of nitrogens with one attached hydrogen (secondary N) is 2. The predicted molar refractivity (Wildman–Crippen MR) is 220 cm³/mol. The van der Waals surface area contributed by atoms with E-state index >= 15 is 0 Å². The Morgan fingerprint density at radius 2 is 1.36 bits per heavy atom. The van der Waals surface area contributed by atoms with Gasteiger partial charge in [0, 0.05) is 54.7 Å². The van der Waals surface area contributed by atoms with Crippen molar-refractivity contribution in [2.45, 2.75) is 175 Å². The highest BCUT2D eigenvalue weighted by Gasteiger charge is 2.30. The molecule has 1 heterocycles. The number of carbonyl (C=O) groups excluding carboxylic acids is 4. The number of benzene rings is 1. The Labute approximate surface area is 320 Å². The average molecular weight is 736 g/mol. The second-order valence-electron chi connectivity index (χ2n) is 15.8. The van der Waals surface area contributed by atoms with Crippen LogP contribution in [0.2, 0.25) is 0 Å². The maximum absolute atomic E-state index is 14.0. The molecule has 9 nitrogen and oxygen atoms in total. The minimum atomic E-state index is -0.804. The number of aliphatic imine (C=N–C) groups is 1. The van der Waals surface area contributed by atoms with Gasteiger partial charge in [-0.05, 0) is 56.6 Å². The lowest BCUT2D eigenvalue weighted by atomic mass is 9.86. The van der Waals surface area contributed by atoms with Crippen LogP contribution < -0.4 is 16.8 Å². The van der Waals surface area contributed by atoms with E-state index < -0.39 is 17.9 Å². The van der Waals surface area contributed by atoms with E-state index in [1.54, 1.807) is 0 Å². The van der Waals surface area contributed by atoms with Gasteiger partial charge in [0.05, 0.1) is 6.04 Å². The van der Waals surface area contributed by atoms with Crippen molar-refractivity contribution in [2.75, 3.05) is 6.54 Å². The zero-order valence-corrected chi connectivity index (χ0v) is 33.7. The molecule has 0 saturated carbocycles. The summed E-state index contributed by atoms with van der Waals surface area (Å²) in [6, 6.07) is 7.12. The van der Waals surface area contributed by atoms with Gasteiger partial charge in [-0.1, -0.05) is 129 Å². The Morgan fingerprint density at radius 3 is 1.92 bits per heavy atom. The molecule has 0 unspecified atom stereocenters. The number of guanidine groups is 1. The molecular weight excluding hydrogens is 663 g/mol. The van der Waals surface area contributed by atoms with E-state index in [4.69, 9.17) is 11.5 Å². The van der Waals surface area contributed by atoms with E-state index in [-0.39, 0.29) is 48.0 Å². The monoisotopic (exact) mass is 736 g/mol. The van der Waals surface area contributed by atoms with Crippen LogP contribution in [-0.4, -0.2) is 46.8 Å². The molecule has 0 radical (unpaired) electrons. The minimum Gasteiger partial charge on any atom is -0.370 e. The fraction of sp³-hybridized carbons (Fsp3) is 0.705. The smallest absolute Gasteiger partial charge is 0.224 e. The number of nitrogens with zero attached hydrogens (tertiary/aromatic N) is 1. The van der Waals surface area contributed by atoms with Gasteiger partial charge in [-0.25, -0.2) is 0 Å². The van der Waals surface area contributed by atoms with Gasteiger partial charge in [0.25, 0.3) is 0 Å². The van der Waals surface area contributed by atoms with Crippen molar-refractivity contribution in [1.82, 2.24) is 10.3 Å². The Morgan fingerprint density at radius 1 is 0.774 bits per heavy atom. The summed E-state index contributed by atoms with van der Waals surface area (Å²) in [5.41, 5.74) is 12.9. The van der Waals surface area contributed by atoms with Crippen molar-refractivity contribution in [1.29, 1.82) is 0 Å². The van der Waals surface area contributed by atoms with Crippen LogP contribution in [0.1, 0.15) is 168 Å². The van der Waals surface area contributed by atoms with Crippen molar-refractivity contribution in [3.63, 3.8) is 0 Å². The van der Waals surface area contributed by atoms with Gasteiger partial charge in [0.2, 0.25) is 5.91 Å². The molecule has 0 saturated heterocycles. The Balaban J connectivity index is 1.97. The maximum atomic E-state index is 14.0. The number of fused-ring (bicyclic) bond motifs is 1. The van der Waals surface area contributed by atoms with E-state index in [2.05, 4.69) is 22.2 Å². The van der Waals surface area contributed by atoms with Crippen LogP contribution in [0, 0.1) is 17.8 Å². The molecule has 0 aliphatic heterocycles. The normalized spacial score (nSPS) is 13.2. The number of hydrogen-bond donors (Lipinski definition) is 4. The number of rotatable bonds is 32. The number of hydrogen-bond acceptors (Lipinski definition) is 5. The van der Waals surface area contributed by atoms with Crippen LogP contribution in [0.15, 0.2) is 35.5 Å². The quantitative estimate of drug-likeness (QED) is 0.0333. The number of unbranched alkanes of at least 4 members (excludes halogenated alkanes) is 14. The van der Waals surface area contributed by atoms with E-state index in [9.17, 15) is 19.2 Å². The zero-order chi connectivity index (χ0) is 38.8. The van der Waals surface area contributed by atoms with Gasteiger partial charge in [0.15, 0.2) is 11.7 Å². The summed E-state index contributed by atoms with van der Waals surface area (Å²) in [7, 11) is 0. The van der Waals surface area contributed by atoms with E-state index in [0.717, 1.165) is 35.7 Å². The molecule has 1 aromatic carbocycles. The third-order valence-electron chi connectivity index (χ3n) is 10.5. The first kappa shape index (κ1) is 45.7. The molecule has 298 valence electrons. The summed E-state index contributed by atoms with van der Waals surface area (Å²) in [5.74, 6) is -1.27. The number of aromatic nitrogens is 1. The number of carbonyl (C=O) groups is 4. The summed E-state index contributed by atoms with van der Waals surface area (Å²) in [6.45, 7) is 8.16. The third-order valence-corrected chi connectivity index (χ3v) is 10.5. The van der Waals surface area contributed by atoms with Crippen LogP contribution in [0.3, 0.4) is 0 Å². The molecule has 53 heavy (non-hydrogen) atoms. The first-order chi connectivity index (χ1) is 25.5. The second kappa shape index (κ2) is 27.1. The molecule has 0 aliphatic carbocycles. The summed E-state index contributed by atoms with van der Waals surface area (Å²) in [5, 5.41) is 4.03. The molecule has 0 aliphatic rings. The first-order valence-electron chi connectivity index (χ1n) is 21.0. The Hall–Kier alpha value is -3.49. The van der Waals surface area contributed by atoms with Gasteiger partial charge >= 0.3 is 0 Å². The largest absolute Gasteiger partial charge is 0.370 e. The fourth-order valence-corrected chi connectivity index (χ4v) is 7.35. The number of Topliss-reactive ketones (excluding diaryl/α,β-unsaturated/α-hetero) is 3. The van der Waals surface area contributed by atoms with Crippen molar-refractivity contribution in [3.05, 3.63) is 36.0 Å². The molecule has 0 spiro atoms. The molecule has 0 bridgehead atoms. The van der Waals surface area contributed by atoms with Crippen LogP contribution in [0.5, 0.6) is 0 Å². The van der Waals surface area contributed by atoms with E-state index in [0.29, 0.717) is 38.6 Å². The van der Waals surface area contributed by atoms with Crippen LogP contribution in [0.4, 0.5) is 0 Å². The fourth-order valence-electron chi connectivity index (χ4n) is 7.35. The van der Waals surface area contributed by atoms with Gasteiger partial charge in [0.1, 0.15) is 11.6 Å². The number of nitrogens with two attached hydrogens (primary N) is 2. The highest BCUT2D eigenvalue weighted by atomic mass is 16.2. The molecule has 2 aromatic rings. The third kappa shape index (κ3) is 20.0. The highest BCUT2D eigenvalue weighted by molar-refractivity contribution is 5.94. The number of H-pyrrole nitrogens is 1. The standard InChI is InChI=1S/C44H73N5O4/c1-5-6-7-8-9-10-11-12-13-14-15-16-17-18-19-23-38(51)30-36(29-37-32-48-40-25-21-20-24-39(37)40)43(53)49-41(26-22-27-47-44(45)46)42(52)31-35(34(4)50)28-33(2)3/h20-21,24-25,32-33,35-36,41,48H,5-19,22-23,26-31H2,1-4H3,(H,49,53)(H4,45,46,47)/t35-,36+,41+/m1/s1. The van der Waals surface area contributed by atoms with Crippen molar-refractivity contribution in [3.8, 4) is 0 Å². The first-order valence-corrected chi connectivity index (χ1v) is 21.0. The number of amides is 1. The van der Waals surface area contributed by atoms with Gasteiger partial charge in [-0.3, -0.25) is 24.2 Å². The predicted octanol–water partition coefficient (Wildman–Crippen LogP) is 9.30. The molecule has 1 amide bonds. The van der Waals surface area contributed by atoms with Crippen molar-refractivity contribution >= 4 is 40.1 Å². The molecule has 1 aromatic heterocycles. The molecule has 3 atom stereocenters. The van der Waals surface area contributed by atoms with Crippen molar-refractivity contribution < 1.29 is 19.2 Å². The lowest BCUT2D eigenvalue weighted by Gasteiger charge is -2.24. The zero-order valence-electron chi connectivity index (χ0n) is 33.7. The molecule has 2 rings (SSSR count). The molecule has 9 heteroatoms. The Kier molecular flexibility index (Phi) is 23.4. The van der Waals surface area contributed by atoms with E-state index in [1.807, 2.05) is 44.3 Å². The van der Waals surface area contributed by atoms with Crippen LogP contribution >= 0.6 is 0 Å². The summed E-state index contributed by atoms with van der Waals surface area (Å²) < 4.78 is 0. The minimum absolute atomic E-state index is 0.0285. The SMILES string of the molecule is CCCCCCCCCCCCCCCCCC(=O)C[C@H](Cc1c[nH]c2ccccc12)C(=O)N[C@@H](CCCN=C(N)N)C(=O)C[C@@H](CC(C)C)C(C)=O. The highest BCUT2D eigenvalue weighted by Crippen LogP contribution is 2.25. The maximum Gasteiger partial charge on any atom is 0.224 e. The van der Waals surface area contributed by atoms with E-state index in [1.165, 1.54) is 84.0 Å². The van der Waals surface area contributed by atoms with Gasteiger partial charge in [-0.2, -0.15) is 0 Å². The van der Waals surface area contributed by atoms with Crippen LogP contribution in [0.25, 0.3) is 10.9 Å². The number of ketones is 3. The second-order valence-corrected chi connectivity index (χ2v) is 15.8. The average Bonchev–Trinajstić information content (AvgIpc) is 3.52. The Bertz CT molecular complexity index is 1380. The molecule has 0 fully saturated rings. The summed E-state index contributed by atoms with van der Waals surface area (Å²) in [6.07, 6.45) is 23.3. The lowest BCUT2D eigenvalue weighted by molar-refractivity contribution is -0.133. The summed E-state index contributed by atoms with van der Waals surface area (Å²) in [4.78, 5) is 60.9. The van der Waals surface area contributed by atoms with Crippen LogP contribution in [-0.2, 0) is 25.6 Å².